The van der Waals surface area contributed by atoms with E-state index in [-0.39, 0.29) is 46.7 Å². The van der Waals surface area contributed by atoms with Crippen LogP contribution in [0, 0.1) is 0 Å². The van der Waals surface area contributed by atoms with Gasteiger partial charge in [0.25, 0.3) is 11.8 Å². The molecule has 2 N–H and O–H groups in total. The molecule has 0 unspecified atom stereocenters. The van der Waals surface area contributed by atoms with E-state index in [2.05, 4.69) is 36.6 Å². The predicted octanol–water partition coefficient (Wildman–Crippen LogP) is 6.00. The lowest BCUT2D eigenvalue weighted by atomic mass is 10.1. The Kier molecular flexibility index (Phi) is 8.82. The summed E-state index contributed by atoms with van der Waals surface area (Å²) in [5, 5.41) is 10.9. The van der Waals surface area contributed by atoms with Crippen molar-refractivity contribution in [3.63, 3.8) is 0 Å². The molecule has 3 heterocycles. The van der Waals surface area contributed by atoms with E-state index in [1.807, 2.05) is 13.8 Å². The van der Waals surface area contributed by atoms with Gasteiger partial charge in [-0.15, -0.1) is 5.10 Å². The molecule has 0 radical (unpaired) electrons. The second-order valence-electron chi connectivity index (χ2n) is 8.12. The van der Waals surface area contributed by atoms with Gasteiger partial charge in [-0.25, -0.2) is 9.67 Å². The standard InChI is InChI=1S/C24H24BrCl2N5O3S/c1-3-14(4-2)29-23(33)16-8-13(26)9-17(25)21(16)30-24(34)19-10-20(35-15-11-36-12-15)31-32(19)22-18(27)6-5-7-28-22/h5-10,14-15H,3-4,11-12H2,1-2H3,(H,29,33)(H,30,34). The fourth-order valence-corrected chi connectivity index (χ4v) is 5.21. The van der Waals surface area contributed by atoms with Crippen molar-refractivity contribution in [2.75, 3.05) is 16.8 Å². The number of nitrogens with one attached hydrogen (secondary N) is 2. The number of rotatable bonds is 9. The molecule has 0 spiro atoms. The highest BCUT2D eigenvalue weighted by Gasteiger charge is 2.26. The zero-order valence-electron chi connectivity index (χ0n) is 19.6. The van der Waals surface area contributed by atoms with Crippen LogP contribution >= 0.6 is 50.9 Å². The molecule has 1 aliphatic rings. The SMILES string of the molecule is CCC(CC)NC(=O)c1cc(Cl)cc(Br)c1NC(=O)c1cc(OC2CSC2)nn1-c1ncccc1Cl. The quantitative estimate of drug-likeness (QED) is 0.307. The predicted molar refractivity (Wildman–Crippen MR) is 147 cm³/mol. The minimum absolute atomic E-state index is 0.00378. The molecule has 1 saturated heterocycles. The number of hydrogen-bond donors (Lipinski definition) is 2. The maximum absolute atomic E-state index is 13.6. The van der Waals surface area contributed by atoms with Crippen LogP contribution in [-0.2, 0) is 0 Å². The van der Waals surface area contributed by atoms with Crippen LogP contribution in [0.1, 0.15) is 47.5 Å². The molecular formula is C24H24BrCl2N5O3S. The molecule has 4 rings (SSSR count). The van der Waals surface area contributed by atoms with Crippen LogP contribution in [0.4, 0.5) is 5.69 Å². The van der Waals surface area contributed by atoms with Gasteiger partial charge in [-0.2, -0.15) is 11.8 Å². The lowest BCUT2D eigenvalue weighted by Crippen LogP contribution is -2.34. The Bertz CT molecular complexity index is 1280. The molecule has 12 heteroatoms. The molecule has 0 aliphatic carbocycles. The minimum Gasteiger partial charge on any atom is -0.472 e. The molecule has 0 bridgehead atoms. The maximum atomic E-state index is 13.6. The lowest BCUT2D eigenvalue weighted by molar-refractivity contribution is 0.0935. The van der Waals surface area contributed by atoms with E-state index in [0.717, 1.165) is 24.3 Å². The number of nitrogens with zero attached hydrogens (tertiary/aromatic N) is 3. The Morgan fingerprint density at radius 3 is 2.61 bits per heavy atom. The summed E-state index contributed by atoms with van der Waals surface area (Å²) in [6, 6.07) is 8.02. The first-order valence-electron chi connectivity index (χ1n) is 11.4. The van der Waals surface area contributed by atoms with Crippen LogP contribution in [0.25, 0.3) is 5.82 Å². The third-order valence-corrected chi connectivity index (χ3v) is 7.97. The number of anilines is 1. The first-order chi connectivity index (χ1) is 17.3. The molecule has 8 nitrogen and oxygen atoms in total. The molecule has 1 aliphatic heterocycles. The third kappa shape index (κ3) is 5.99. The first-order valence-corrected chi connectivity index (χ1v) is 14.1. The molecule has 36 heavy (non-hydrogen) atoms. The second-order valence-corrected chi connectivity index (χ2v) is 10.9. The smallest absolute Gasteiger partial charge is 0.274 e. The van der Waals surface area contributed by atoms with Crippen molar-refractivity contribution >= 4 is 68.4 Å². The van der Waals surface area contributed by atoms with E-state index in [0.29, 0.717) is 14.5 Å². The van der Waals surface area contributed by atoms with Crippen LogP contribution in [0.3, 0.4) is 0 Å². The lowest BCUT2D eigenvalue weighted by Gasteiger charge is -2.24. The van der Waals surface area contributed by atoms with E-state index in [1.165, 1.54) is 16.8 Å². The van der Waals surface area contributed by atoms with Crippen molar-refractivity contribution in [2.45, 2.75) is 38.8 Å². The van der Waals surface area contributed by atoms with Crippen molar-refractivity contribution in [1.82, 2.24) is 20.1 Å². The number of benzene rings is 1. The monoisotopic (exact) mass is 611 g/mol. The van der Waals surface area contributed by atoms with Gasteiger partial charge in [0.15, 0.2) is 5.82 Å². The van der Waals surface area contributed by atoms with Gasteiger partial charge in [0.05, 0.1) is 16.3 Å². The van der Waals surface area contributed by atoms with Gasteiger partial charge in [-0.05, 0) is 53.0 Å². The van der Waals surface area contributed by atoms with Crippen molar-refractivity contribution in [1.29, 1.82) is 0 Å². The highest BCUT2D eigenvalue weighted by atomic mass is 79.9. The Morgan fingerprint density at radius 1 is 1.22 bits per heavy atom. The number of pyridine rings is 1. The Hall–Kier alpha value is -2.27. The molecule has 190 valence electrons. The molecule has 0 atom stereocenters. The second kappa shape index (κ2) is 11.9. The summed E-state index contributed by atoms with van der Waals surface area (Å²) in [7, 11) is 0. The average Bonchev–Trinajstić information content (AvgIpc) is 3.25. The number of aromatic nitrogens is 3. The molecule has 2 amide bonds. The number of carbonyl (C=O) groups excluding carboxylic acids is 2. The number of hydrogen-bond acceptors (Lipinski definition) is 6. The average molecular weight is 613 g/mol. The maximum Gasteiger partial charge on any atom is 0.274 e. The Morgan fingerprint density at radius 2 is 1.97 bits per heavy atom. The molecule has 2 aromatic heterocycles. The summed E-state index contributed by atoms with van der Waals surface area (Å²) in [6.45, 7) is 3.99. The van der Waals surface area contributed by atoms with Gasteiger partial charge < -0.3 is 15.4 Å². The van der Waals surface area contributed by atoms with E-state index in [9.17, 15) is 9.59 Å². The number of amides is 2. The fraction of sp³-hybridized carbons (Fsp3) is 0.333. The van der Waals surface area contributed by atoms with E-state index >= 15 is 0 Å². The van der Waals surface area contributed by atoms with Crippen LogP contribution in [-0.4, -0.2) is 50.2 Å². The fourth-order valence-electron chi connectivity index (χ4n) is 3.54. The van der Waals surface area contributed by atoms with E-state index in [1.54, 1.807) is 36.2 Å². The van der Waals surface area contributed by atoms with Gasteiger partial charge in [0.2, 0.25) is 5.88 Å². The summed E-state index contributed by atoms with van der Waals surface area (Å²) in [5.41, 5.74) is 0.663. The highest BCUT2D eigenvalue weighted by molar-refractivity contribution is 9.10. The van der Waals surface area contributed by atoms with Crippen LogP contribution in [0.2, 0.25) is 10.0 Å². The molecular weight excluding hydrogens is 589 g/mol. The summed E-state index contributed by atoms with van der Waals surface area (Å²) >= 11 is 17.8. The van der Waals surface area contributed by atoms with Crippen molar-refractivity contribution in [3.8, 4) is 11.7 Å². The van der Waals surface area contributed by atoms with Gasteiger partial charge >= 0.3 is 0 Å². The van der Waals surface area contributed by atoms with Gasteiger partial charge in [0, 0.05) is 39.3 Å². The van der Waals surface area contributed by atoms with Gasteiger partial charge in [-0.1, -0.05) is 37.0 Å². The topological polar surface area (TPSA) is 98.1 Å². The van der Waals surface area contributed by atoms with E-state index < -0.39 is 5.91 Å². The van der Waals surface area contributed by atoms with Crippen LogP contribution < -0.4 is 15.4 Å². The number of ether oxygens (including phenoxy) is 1. The number of halogens is 3. The highest BCUT2D eigenvalue weighted by Crippen LogP contribution is 2.32. The Labute approximate surface area is 231 Å². The molecule has 1 fully saturated rings. The normalized spacial score (nSPS) is 13.4. The minimum atomic E-state index is -0.526. The van der Waals surface area contributed by atoms with Crippen molar-refractivity contribution in [3.05, 3.63) is 62.3 Å². The zero-order valence-corrected chi connectivity index (χ0v) is 23.5. The Balaban J connectivity index is 1.70. The van der Waals surface area contributed by atoms with Crippen LogP contribution in [0.15, 0.2) is 41.0 Å². The molecule has 3 aromatic rings. The van der Waals surface area contributed by atoms with Crippen molar-refractivity contribution < 1.29 is 14.3 Å². The number of thioether (sulfide) groups is 1. The first kappa shape index (κ1) is 26.8. The zero-order chi connectivity index (χ0) is 25.8. The number of carbonyl (C=O) groups is 2. The largest absolute Gasteiger partial charge is 0.472 e. The summed E-state index contributed by atoms with van der Waals surface area (Å²) in [6.07, 6.45) is 3.14. The van der Waals surface area contributed by atoms with Gasteiger partial charge in [-0.3, -0.25) is 9.59 Å². The summed E-state index contributed by atoms with van der Waals surface area (Å²) in [5.74, 6) is 1.41. The van der Waals surface area contributed by atoms with Crippen molar-refractivity contribution in [2.24, 2.45) is 0 Å². The summed E-state index contributed by atoms with van der Waals surface area (Å²) in [4.78, 5) is 31.0. The van der Waals surface area contributed by atoms with Gasteiger partial charge in [0.1, 0.15) is 11.8 Å². The molecule has 1 aromatic carbocycles. The third-order valence-electron chi connectivity index (χ3n) is 5.61. The molecule has 0 saturated carbocycles. The van der Waals surface area contributed by atoms with Crippen LogP contribution in [0.5, 0.6) is 5.88 Å². The van der Waals surface area contributed by atoms with E-state index in [4.69, 9.17) is 27.9 Å². The summed E-state index contributed by atoms with van der Waals surface area (Å²) < 4.78 is 7.71.